The fourth-order valence-corrected chi connectivity index (χ4v) is 3.50. The second kappa shape index (κ2) is 6.10. The second-order valence-electron chi connectivity index (χ2n) is 5.90. The van der Waals surface area contributed by atoms with Gasteiger partial charge in [0.25, 0.3) is 0 Å². The van der Waals surface area contributed by atoms with Crippen molar-refractivity contribution in [2.45, 2.75) is 64.1 Å². The Kier molecular flexibility index (Phi) is 4.24. The van der Waals surface area contributed by atoms with Crippen molar-refractivity contribution in [2.75, 3.05) is 13.2 Å². The van der Waals surface area contributed by atoms with Gasteiger partial charge in [0.1, 0.15) is 0 Å². The summed E-state index contributed by atoms with van der Waals surface area (Å²) in [6.07, 6.45) is 12.8. The average Bonchev–Trinajstić information content (AvgIpc) is 3.06. The number of aromatic nitrogens is 1. The first-order valence-corrected chi connectivity index (χ1v) is 7.90. The van der Waals surface area contributed by atoms with E-state index in [-0.39, 0.29) is 0 Å². The van der Waals surface area contributed by atoms with E-state index in [1.165, 1.54) is 38.5 Å². The van der Waals surface area contributed by atoms with Crippen LogP contribution in [0.1, 0.15) is 56.2 Å². The van der Waals surface area contributed by atoms with Crippen LogP contribution in [-0.2, 0) is 17.7 Å². The first kappa shape index (κ1) is 13.2. The van der Waals surface area contributed by atoms with Crippen LogP contribution in [0.5, 0.6) is 0 Å². The van der Waals surface area contributed by atoms with Crippen molar-refractivity contribution in [1.29, 1.82) is 0 Å². The Labute approximate surface area is 116 Å². The summed E-state index contributed by atoms with van der Waals surface area (Å²) in [5.41, 5.74) is 3.10. The minimum Gasteiger partial charge on any atom is -0.378 e. The van der Waals surface area contributed by atoms with Gasteiger partial charge in [-0.15, -0.1) is 0 Å². The first-order chi connectivity index (χ1) is 9.36. The third kappa shape index (κ3) is 3.03. The molecule has 2 atom stereocenters. The molecule has 1 aromatic heterocycles. The van der Waals surface area contributed by atoms with Crippen molar-refractivity contribution >= 4 is 0 Å². The summed E-state index contributed by atoms with van der Waals surface area (Å²) in [5, 5.41) is 3.61. The number of nitrogens with zero attached hydrogens (tertiary/aromatic N) is 1. The lowest BCUT2D eigenvalue weighted by Crippen LogP contribution is -2.23. The topological polar surface area (TPSA) is 26.2 Å². The number of rotatable bonds is 5. The molecule has 0 saturated carbocycles. The smallest absolute Gasteiger partial charge is 0.0593 e. The molecular weight excluding hydrogens is 236 g/mol. The normalized spacial score (nSPS) is 26.6. The second-order valence-corrected chi connectivity index (χ2v) is 5.90. The molecule has 1 saturated heterocycles. The molecule has 1 aliphatic heterocycles. The zero-order valence-electron chi connectivity index (χ0n) is 12.0. The van der Waals surface area contributed by atoms with Crippen LogP contribution in [0.4, 0.5) is 0 Å². The van der Waals surface area contributed by atoms with Crippen LogP contribution in [0.25, 0.3) is 0 Å². The Morgan fingerprint density at radius 3 is 3.05 bits per heavy atom. The molecule has 3 rings (SSSR count). The van der Waals surface area contributed by atoms with Crippen LogP contribution in [0.2, 0.25) is 0 Å². The molecule has 0 amide bonds. The fourth-order valence-electron chi connectivity index (χ4n) is 3.50. The highest BCUT2D eigenvalue weighted by Gasteiger charge is 2.21. The molecule has 1 aromatic rings. The minimum atomic E-state index is 0.504. The van der Waals surface area contributed by atoms with E-state index in [1.807, 2.05) is 0 Å². The molecule has 2 unspecified atom stereocenters. The molecule has 2 heterocycles. The molecule has 2 aliphatic rings. The van der Waals surface area contributed by atoms with Crippen molar-refractivity contribution < 1.29 is 4.74 Å². The van der Waals surface area contributed by atoms with Gasteiger partial charge in [0, 0.05) is 31.6 Å². The molecule has 3 nitrogen and oxygen atoms in total. The molecular formula is C16H26N2O. The van der Waals surface area contributed by atoms with Crippen LogP contribution in [0.3, 0.4) is 0 Å². The summed E-state index contributed by atoms with van der Waals surface area (Å²) < 4.78 is 8.10. The molecule has 3 heteroatoms. The van der Waals surface area contributed by atoms with E-state index in [1.54, 1.807) is 11.1 Å². The van der Waals surface area contributed by atoms with Crippen molar-refractivity contribution in [3.8, 4) is 0 Å². The molecule has 0 spiro atoms. The van der Waals surface area contributed by atoms with Crippen LogP contribution in [0, 0.1) is 0 Å². The molecule has 1 aliphatic carbocycles. The summed E-state index contributed by atoms with van der Waals surface area (Å²) >= 11 is 0. The molecule has 0 radical (unpaired) electrons. The van der Waals surface area contributed by atoms with Gasteiger partial charge in [0.05, 0.1) is 6.10 Å². The van der Waals surface area contributed by atoms with Gasteiger partial charge in [-0.3, -0.25) is 0 Å². The lowest BCUT2D eigenvalue weighted by molar-refractivity contribution is 0.100. The lowest BCUT2D eigenvalue weighted by atomic mass is 9.91. The highest BCUT2D eigenvalue weighted by molar-refractivity contribution is 5.30. The standard InChI is InChI=1S/C16H26N2O/c1-2-17-16-7-3-5-13-11-18(12-15(13)16)9-8-14-6-4-10-19-14/h11-12,14,16-17H,2-10H2,1H3. The van der Waals surface area contributed by atoms with Gasteiger partial charge in [0.15, 0.2) is 0 Å². The summed E-state index contributed by atoms with van der Waals surface area (Å²) in [5.74, 6) is 0. The number of ether oxygens (including phenoxy) is 1. The van der Waals surface area contributed by atoms with E-state index in [4.69, 9.17) is 4.74 Å². The summed E-state index contributed by atoms with van der Waals surface area (Å²) in [4.78, 5) is 0. The highest BCUT2D eigenvalue weighted by Crippen LogP contribution is 2.30. The molecule has 106 valence electrons. The van der Waals surface area contributed by atoms with E-state index in [0.29, 0.717) is 12.1 Å². The molecule has 19 heavy (non-hydrogen) atoms. The Bertz CT molecular complexity index is 407. The van der Waals surface area contributed by atoms with Crippen molar-refractivity contribution in [3.63, 3.8) is 0 Å². The van der Waals surface area contributed by atoms with Gasteiger partial charge >= 0.3 is 0 Å². The van der Waals surface area contributed by atoms with Crippen LogP contribution in [0.15, 0.2) is 12.4 Å². The Morgan fingerprint density at radius 2 is 2.26 bits per heavy atom. The number of fused-ring (bicyclic) bond motifs is 1. The third-order valence-corrected chi connectivity index (χ3v) is 4.50. The van der Waals surface area contributed by atoms with Crippen LogP contribution < -0.4 is 5.32 Å². The van der Waals surface area contributed by atoms with Crippen LogP contribution in [-0.4, -0.2) is 23.8 Å². The van der Waals surface area contributed by atoms with E-state index in [0.717, 1.165) is 19.7 Å². The number of hydrogen-bond donors (Lipinski definition) is 1. The van der Waals surface area contributed by atoms with Crippen molar-refractivity contribution in [2.24, 2.45) is 0 Å². The van der Waals surface area contributed by atoms with Gasteiger partial charge in [-0.25, -0.2) is 0 Å². The Morgan fingerprint density at radius 1 is 1.32 bits per heavy atom. The number of hydrogen-bond acceptors (Lipinski definition) is 2. The third-order valence-electron chi connectivity index (χ3n) is 4.50. The zero-order valence-corrected chi connectivity index (χ0v) is 12.0. The van der Waals surface area contributed by atoms with E-state index in [2.05, 4.69) is 29.2 Å². The van der Waals surface area contributed by atoms with Crippen molar-refractivity contribution in [3.05, 3.63) is 23.5 Å². The van der Waals surface area contributed by atoms with Gasteiger partial charge in [0.2, 0.25) is 0 Å². The molecule has 0 bridgehead atoms. The van der Waals surface area contributed by atoms with Gasteiger partial charge in [-0.1, -0.05) is 6.92 Å². The Balaban J connectivity index is 1.63. The highest BCUT2D eigenvalue weighted by atomic mass is 16.5. The maximum Gasteiger partial charge on any atom is 0.0593 e. The minimum absolute atomic E-state index is 0.504. The summed E-state index contributed by atoms with van der Waals surface area (Å²) in [6.45, 7) is 5.33. The van der Waals surface area contributed by atoms with Crippen LogP contribution >= 0.6 is 0 Å². The predicted molar refractivity (Wildman–Crippen MR) is 77.4 cm³/mol. The predicted octanol–water partition coefficient (Wildman–Crippen LogP) is 3.04. The SMILES string of the molecule is CCNC1CCCc2cn(CCC3CCCO3)cc21. The zero-order chi connectivity index (χ0) is 13.1. The monoisotopic (exact) mass is 262 g/mol. The van der Waals surface area contributed by atoms with Gasteiger partial charge < -0.3 is 14.6 Å². The van der Waals surface area contributed by atoms with E-state index in [9.17, 15) is 0 Å². The van der Waals surface area contributed by atoms with E-state index < -0.39 is 0 Å². The van der Waals surface area contributed by atoms with E-state index >= 15 is 0 Å². The van der Waals surface area contributed by atoms with Gasteiger partial charge in [-0.2, -0.15) is 0 Å². The number of aryl methyl sites for hydroxylation is 2. The lowest BCUT2D eigenvalue weighted by Gasteiger charge is -2.22. The quantitative estimate of drug-likeness (QED) is 0.882. The van der Waals surface area contributed by atoms with Crippen molar-refractivity contribution in [1.82, 2.24) is 9.88 Å². The maximum absolute atomic E-state index is 5.71. The largest absolute Gasteiger partial charge is 0.378 e. The molecule has 1 N–H and O–H groups in total. The summed E-state index contributed by atoms with van der Waals surface area (Å²) in [7, 11) is 0. The fraction of sp³-hybridized carbons (Fsp3) is 0.750. The first-order valence-electron chi connectivity index (χ1n) is 7.90. The average molecular weight is 262 g/mol. The maximum atomic E-state index is 5.71. The van der Waals surface area contributed by atoms with Gasteiger partial charge in [-0.05, 0) is 56.2 Å². The molecule has 1 fully saturated rings. The summed E-state index contributed by atoms with van der Waals surface area (Å²) in [6, 6.07) is 0.581. The Hall–Kier alpha value is -0.800. The molecule has 0 aromatic carbocycles. The number of nitrogens with one attached hydrogen (secondary N) is 1.